The minimum Gasteiger partial charge on any atom is -0.314 e. The van der Waals surface area contributed by atoms with E-state index in [0.29, 0.717) is 25.0 Å². The van der Waals surface area contributed by atoms with Gasteiger partial charge in [0, 0.05) is 12.6 Å². The van der Waals surface area contributed by atoms with Crippen molar-refractivity contribution in [1.82, 2.24) is 10.2 Å². The van der Waals surface area contributed by atoms with E-state index in [-0.39, 0.29) is 0 Å². The van der Waals surface area contributed by atoms with Gasteiger partial charge in [0.15, 0.2) is 0 Å². The van der Waals surface area contributed by atoms with Crippen LogP contribution < -0.4 is 5.32 Å². The van der Waals surface area contributed by atoms with Crippen molar-refractivity contribution in [1.29, 1.82) is 0 Å². The summed E-state index contributed by atoms with van der Waals surface area (Å²) in [5.41, 5.74) is 0. The highest BCUT2D eigenvalue weighted by Gasteiger charge is 2.33. The maximum Gasteiger partial charge on any atom is 0.401 e. The fraction of sp³-hybridized carbons (Fsp3) is 1.00. The number of hydrogen-bond donors (Lipinski definition) is 1. The molecule has 21 heavy (non-hydrogen) atoms. The van der Waals surface area contributed by atoms with Crippen molar-refractivity contribution in [2.45, 2.75) is 71.0 Å². The molecule has 1 rings (SSSR count). The van der Waals surface area contributed by atoms with Crippen molar-refractivity contribution in [2.75, 3.05) is 26.2 Å². The zero-order valence-electron chi connectivity index (χ0n) is 13.5. The van der Waals surface area contributed by atoms with Gasteiger partial charge in [0.1, 0.15) is 0 Å². The molecule has 1 aliphatic carbocycles. The largest absolute Gasteiger partial charge is 0.401 e. The standard InChI is InChI=1S/C16H31F3N2/c1-3-10-20-15-9-7-5-6-8-14(15)12-21(11-4-2)13-16(17,18)19/h14-15,20H,3-13H2,1-2H3. The molecule has 1 fully saturated rings. The summed E-state index contributed by atoms with van der Waals surface area (Å²) in [5, 5.41) is 3.56. The van der Waals surface area contributed by atoms with Crippen molar-refractivity contribution >= 4 is 0 Å². The molecule has 0 heterocycles. The predicted octanol–water partition coefficient (Wildman–Crippen LogP) is 4.21. The molecule has 0 aliphatic heterocycles. The van der Waals surface area contributed by atoms with Gasteiger partial charge >= 0.3 is 6.18 Å². The van der Waals surface area contributed by atoms with Gasteiger partial charge in [-0.05, 0) is 44.7 Å². The van der Waals surface area contributed by atoms with Gasteiger partial charge in [0.25, 0.3) is 0 Å². The molecule has 2 nitrogen and oxygen atoms in total. The van der Waals surface area contributed by atoms with Crippen molar-refractivity contribution in [3.63, 3.8) is 0 Å². The lowest BCUT2D eigenvalue weighted by Gasteiger charge is -2.32. The van der Waals surface area contributed by atoms with Gasteiger partial charge < -0.3 is 5.32 Å². The highest BCUT2D eigenvalue weighted by Crippen LogP contribution is 2.26. The second kappa shape index (κ2) is 9.67. The van der Waals surface area contributed by atoms with Gasteiger partial charge in [-0.3, -0.25) is 4.90 Å². The molecule has 0 bridgehead atoms. The number of nitrogens with zero attached hydrogens (tertiary/aromatic N) is 1. The van der Waals surface area contributed by atoms with Crippen LogP contribution in [-0.2, 0) is 0 Å². The number of alkyl halides is 3. The molecule has 126 valence electrons. The first-order valence-electron chi connectivity index (χ1n) is 8.48. The van der Waals surface area contributed by atoms with Crippen LogP contribution in [0.25, 0.3) is 0 Å². The molecule has 1 saturated carbocycles. The van der Waals surface area contributed by atoms with Gasteiger partial charge in [-0.2, -0.15) is 13.2 Å². The van der Waals surface area contributed by atoms with Crippen molar-refractivity contribution in [3.8, 4) is 0 Å². The van der Waals surface area contributed by atoms with Crippen LogP contribution in [0.5, 0.6) is 0 Å². The van der Waals surface area contributed by atoms with Crippen LogP contribution in [0.1, 0.15) is 58.8 Å². The Balaban J connectivity index is 2.62. The molecule has 0 aromatic rings. The first-order chi connectivity index (χ1) is 9.96. The van der Waals surface area contributed by atoms with Crippen LogP contribution in [0.4, 0.5) is 13.2 Å². The predicted molar refractivity (Wildman–Crippen MR) is 81.4 cm³/mol. The second-order valence-electron chi connectivity index (χ2n) is 6.31. The first kappa shape index (κ1) is 18.8. The van der Waals surface area contributed by atoms with Crippen LogP contribution in [-0.4, -0.2) is 43.3 Å². The van der Waals surface area contributed by atoms with E-state index < -0.39 is 12.7 Å². The number of halogens is 3. The molecule has 0 aromatic carbocycles. The van der Waals surface area contributed by atoms with E-state index >= 15 is 0 Å². The van der Waals surface area contributed by atoms with Gasteiger partial charge in [0.05, 0.1) is 6.54 Å². The maximum absolute atomic E-state index is 12.7. The van der Waals surface area contributed by atoms with Crippen molar-refractivity contribution < 1.29 is 13.2 Å². The van der Waals surface area contributed by atoms with Crippen LogP contribution in [0.3, 0.4) is 0 Å². The van der Waals surface area contributed by atoms with E-state index in [0.717, 1.165) is 38.6 Å². The van der Waals surface area contributed by atoms with E-state index in [1.165, 1.54) is 12.8 Å². The van der Waals surface area contributed by atoms with E-state index in [2.05, 4.69) is 12.2 Å². The Morgan fingerprint density at radius 1 is 1.05 bits per heavy atom. The zero-order chi connectivity index (χ0) is 15.7. The Kier molecular flexibility index (Phi) is 8.64. The SMILES string of the molecule is CCCNC1CCCCCC1CN(CCC)CC(F)(F)F. The fourth-order valence-electron chi connectivity index (χ4n) is 3.34. The minimum absolute atomic E-state index is 0.355. The lowest BCUT2D eigenvalue weighted by Crippen LogP contribution is -2.45. The lowest BCUT2D eigenvalue weighted by atomic mass is 9.93. The Morgan fingerprint density at radius 2 is 1.76 bits per heavy atom. The lowest BCUT2D eigenvalue weighted by molar-refractivity contribution is -0.147. The van der Waals surface area contributed by atoms with Crippen molar-refractivity contribution in [2.24, 2.45) is 5.92 Å². The molecular weight excluding hydrogens is 277 g/mol. The summed E-state index contributed by atoms with van der Waals surface area (Å²) in [4.78, 5) is 1.61. The van der Waals surface area contributed by atoms with E-state index in [4.69, 9.17) is 0 Å². The van der Waals surface area contributed by atoms with Crippen LogP contribution in [0.2, 0.25) is 0 Å². The molecule has 0 spiro atoms. The summed E-state index contributed by atoms with van der Waals surface area (Å²) < 4.78 is 38.1. The summed E-state index contributed by atoms with van der Waals surface area (Å²) in [6, 6.07) is 0.389. The van der Waals surface area contributed by atoms with Crippen LogP contribution in [0, 0.1) is 5.92 Å². The topological polar surface area (TPSA) is 15.3 Å². The summed E-state index contributed by atoms with van der Waals surface area (Å²) in [5.74, 6) is 0.355. The smallest absolute Gasteiger partial charge is 0.314 e. The summed E-state index contributed by atoms with van der Waals surface area (Å²) in [6.07, 6.45) is 3.49. The highest BCUT2D eigenvalue weighted by molar-refractivity contribution is 4.82. The number of nitrogens with one attached hydrogen (secondary N) is 1. The maximum atomic E-state index is 12.7. The average Bonchev–Trinajstić information content (AvgIpc) is 2.60. The third-order valence-corrected chi connectivity index (χ3v) is 4.25. The molecule has 2 unspecified atom stereocenters. The normalized spacial score (nSPS) is 24.3. The van der Waals surface area contributed by atoms with Crippen molar-refractivity contribution in [3.05, 3.63) is 0 Å². The van der Waals surface area contributed by atoms with Gasteiger partial charge in [-0.25, -0.2) is 0 Å². The fourth-order valence-corrected chi connectivity index (χ4v) is 3.34. The number of rotatable bonds is 8. The molecule has 0 amide bonds. The van der Waals surface area contributed by atoms with E-state index in [1.54, 1.807) is 4.90 Å². The molecule has 5 heteroatoms. The number of hydrogen-bond acceptors (Lipinski definition) is 2. The molecule has 0 saturated heterocycles. The van der Waals surface area contributed by atoms with E-state index in [1.807, 2.05) is 6.92 Å². The minimum atomic E-state index is -4.09. The van der Waals surface area contributed by atoms with Crippen LogP contribution >= 0.6 is 0 Å². The Bertz CT molecular complexity index is 269. The Hall–Kier alpha value is -0.290. The molecule has 0 aromatic heterocycles. The van der Waals surface area contributed by atoms with Gasteiger partial charge in [-0.15, -0.1) is 0 Å². The Labute approximate surface area is 127 Å². The summed E-state index contributed by atoms with van der Waals surface area (Å²) in [6.45, 7) is 5.40. The molecule has 2 atom stereocenters. The monoisotopic (exact) mass is 308 g/mol. The molecular formula is C16H31F3N2. The highest BCUT2D eigenvalue weighted by atomic mass is 19.4. The summed E-state index contributed by atoms with van der Waals surface area (Å²) in [7, 11) is 0. The third-order valence-electron chi connectivity index (χ3n) is 4.25. The quantitative estimate of drug-likeness (QED) is 0.676. The van der Waals surface area contributed by atoms with Gasteiger partial charge in [-0.1, -0.05) is 33.1 Å². The molecule has 1 aliphatic rings. The molecule has 0 radical (unpaired) electrons. The zero-order valence-corrected chi connectivity index (χ0v) is 13.5. The molecule has 1 N–H and O–H groups in total. The summed E-state index contributed by atoms with van der Waals surface area (Å²) >= 11 is 0. The average molecular weight is 308 g/mol. The second-order valence-corrected chi connectivity index (χ2v) is 6.31. The first-order valence-corrected chi connectivity index (χ1v) is 8.48. The van der Waals surface area contributed by atoms with E-state index in [9.17, 15) is 13.2 Å². The van der Waals surface area contributed by atoms with Crippen LogP contribution in [0.15, 0.2) is 0 Å². The third kappa shape index (κ3) is 8.05. The van der Waals surface area contributed by atoms with Gasteiger partial charge in [0.2, 0.25) is 0 Å². The Morgan fingerprint density at radius 3 is 2.38 bits per heavy atom.